The number of sulfonamides is 1. The second-order valence-corrected chi connectivity index (χ2v) is 7.25. The van der Waals surface area contributed by atoms with Crippen molar-refractivity contribution in [1.29, 1.82) is 0 Å². The normalized spacial score (nSPS) is 11.9. The van der Waals surface area contributed by atoms with Crippen LogP contribution in [0, 0.1) is 6.92 Å². The summed E-state index contributed by atoms with van der Waals surface area (Å²) in [4.78, 5) is 11.9. The lowest BCUT2D eigenvalue weighted by Gasteiger charge is -2.09. The van der Waals surface area contributed by atoms with Crippen LogP contribution in [0.5, 0.6) is 0 Å². The van der Waals surface area contributed by atoms with E-state index < -0.39 is 16.0 Å². The fourth-order valence-electron chi connectivity index (χ4n) is 1.99. The van der Waals surface area contributed by atoms with Crippen molar-refractivity contribution >= 4 is 33.3 Å². The molecule has 0 unspecified atom stereocenters. The van der Waals surface area contributed by atoms with E-state index in [1.807, 2.05) is 6.92 Å². The molecule has 0 aromatic heterocycles. The molecule has 0 fully saturated rings. The minimum atomic E-state index is -4.03. The first kappa shape index (κ1) is 18.9. The van der Waals surface area contributed by atoms with Crippen LogP contribution in [0.25, 0.3) is 0 Å². The summed E-state index contributed by atoms with van der Waals surface area (Å²) in [7, 11) is -2.85. The Morgan fingerprint density at radius 3 is 2.16 bits per heavy atom. The van der Waals surface area contributed by atoms with Crippen LogP contribution in [0.3, 0.4) is 0 Å². The number of methoxy groups -OCH3 is 1. The van der Waals surface area contributed by atoms with Crippen LogP contribution in [0.1, 0.15) is 11.1 Å². The van der Waals surface area contributed by atoms with Gasteiger partial charge in [-0.15, -0.1) is 0 Å². The first-order valence-electron chi connectivity index (χ1n) is 7.20. The van der Waals surface area contributed by atoms with E-state index in [0.717, 1.165) is 5.56 Å². The maximum atomic E-state index is 12.6. The minimum absolute atomic E-state index is 0.0160. The SMILES string of the molecule is C=C(C(=O)OC)/C(=N/S(=O)(=O)c1ccc(C)cc1)c1ccc(Cl)cc1. The number of hydrogen-bond donors (Lipinski definition) is 0. The summed E-state index contributed by atoms with van der Waals surface area (Å²) < 4.78 is 33.7. The van der Waals surface area contributed by atoms with Crippen LogP contribution in [-0.4, -0.2) is 27.2 Å². The fraction of sp³-hybridized carbons (Fsp3) is 0.111. The molecule has 0 saturated carbocycles. The topological polar surface area (TPSA) is 72.8 Å². The number of hydrogen-bond acceptors (Lipinski definition) is 4. The van der Waals surface area contributed by atoms with E-state index in [1.165, 1.54) is 19.2 Å². The number of benzene rings is 2. The van der Waals surface area contributed by atoms with Gasteiger partial charge in [-0.1, -0.05) is 48.0 Å². The van der Waals surface area contributed by atoms with Gasteiger partial charge in [0.1, 0.15) is 0 Å². The fourth-order valence-corrected chi connectivity index (χ4v) is 3.16. The summed E-state index contributed by atoms with van der Waals surface area (Å²) in [6, 6.07) is 12.5. The summed E-state index contributed by atoms with van der Waals surface area (Å²) in [5.74, 6) is -0.771. The van der Waals surface area contributed by atoms with E-state index >= 15 is 0 Å². The Morgan fingerprint density at radius 2 is 1.64 bits per heavy atom. The molecule has 0 heterocycles. The Morgan fingerprint density at radius 1 is 1.08 bits per heavy atom. The molecule has 2 aromatic carbocycles. The lowest BCUT2D eigenvalue weighted by atomic mass is 10.0. The van der Waals surface area contributed by atoms with Crippen molar-refractivity contribution in [3.05, 3.63) is 76.8 Å². The smallest absolute Gasteiger partial charge is 0.339 e. The highest BCUT2D eigenvalue weighted by molar-refractivity contribution is 7.90. The van der Waals surface area contributed by atoms with Crippen molar-refractivity contribution in [1.82, 2.24) is 0 Å². The van der Waals surface area contributed by atoms with E-state index in [2.05, 4.69) is 15.7 Å². The first-order valence-corrected chi connectivity index (χ1v) is 9.01. The van der Waals surface area contributed by atoms with Gasteiger partial charge in [0.05, 0.1) is 23.3 Å². The van der Waals surface area contributed by atoms with Crippen molar-refractivity contribution in [2.75, 3.05) is 7.11 Å². The minimum Gasteiger partial charge on any atom is -0.465 e. The average molecular weight is 378 g/mol. The highest BCUT2D eigenvalue weighted by Gasteiger charge is 2.21. The van der Waals surface area contributed by atoms with Crippen LogP contribution in [0.15, 0.2) is 70.0 Å². The molecule has 0 aliphatic rings. The van der Waals surface area contributed by atoms with Gasteiger partial charge < -0.3 is 4.74 Å². The summed E-state index contributed by atoms with van der Waals surface area (Å²) in [5.41, 5.74) is 1.04. The predicted octanol–water partition coefficient (Wildman–Crippen LogP) is 3.56. The van der Waals surface area contributed by atoms with E-state index in [-0.39, 0.29) is 16.2 Å². The highest BCUT2D eigenvalue weighted by atomic mass is 35.5. The number of rotatable bonds is 5. The molecule has 7 heteroatoms. The molecule has 0 aliphatic heterocycles. The zero-order valence-corrected chi connectivity index (χ0v) is 15.3. The van der Waals surface area contributed by atoms with Gasteiger partial charge in [-0.25, -0.2) is 4.79 Å². The molecule has 0 spiro atoms. The Labute approximate surface area is 151 Å². The van der Waals surface area contributed by atoms with Gasteiger partial charge in [-0.05, 0) is 31.2 Å². The van der Waals surface area contributed by atoms with Crippen molar-refractivity contribution in [3.63, 3.8) is 0 Å². The molecule has 130 valence electrons. The summed E-state index contributed by atoms with van der Waals surface area (Å²) in [6.07, 6.45) is 0. The Balaban J connectivity index is 2.59. The van der Waals surface area contributed by atoms with Gasteiger partial charge in [0.2, 0.25) is 0 Å². The molecular weight excluding hydrogens is 362 g/mol. The molecule has 0 aliphatic carbocycles. The Hall–Kier alpha value is -2.44. The molecule has 0 radical (unpaired) electrons. The van der Waals surface area contributed by atoms with E-state index in [9.17, 15) is 13.2 Å². The van der Waals surface area contributed by atoms with Crippen molar-refractivity contribution in [2.24, 2.45) is 4.40 Å². The third-order valence-corrected chi connectivity index (χ3v) is 4.91. The third kappa shape index (κ3) is 4.55. The van der Waals surface area contributed by atoms with Gasteiger partial charge in [0.15, 0.2) is 0 Å². The number of carbonyl (C=O) groups is 1. The molecule has 5 nitrogen and oxygen atoms in total. The Bertz CT molecular complexity index is 930. The number of esters is 1. The van der Waals surface area contributed by atoms with Gasteiger partial charge in [0.25, 0.3) is 10.0 Å². The van der Waals surface area contributed by atoms with Crippen LogP contribution in [0.4, 0.5) is 0 Å². The second kappa shape index (κ2) is 7.63. The monoisotopic (exact) mass is 377 g/mol. The largest absolute Gasteiger partial charge is 0.465 e. The summed E-state index contributed by atoms with van der Waals surface area (Å²) >= 11 is 5.86. The molecule has 2 aromatic rings. The van der Waals surface area contributed by atoms with Crippen molar-refractivity contribution < 1.29 is 17.9 Å². The number of aryl methyl sites for hydroxylation is 1. The van der Waals surface area contributed by atoms with Gasteiger partial charge in [-0.2, -0.15) is 12.8 Å². The lowest BCUT2D eigenvalue weighted by Crippen LogP contribution is -2.16. The lowest BCUT2D eigenvalue weighted by molar-refractivity contribution is -0.135. The van der Waals surface area contributed by atoms with Crippen molar-refractivity contribution in [3.8, 4) is 0 Å². The van der Waals surface area contributed by atoms with Crippen LogP contribution in [-0.2, 0) is 19.6 Å². The van der Waals surface area contributed by atoms with Gasteiger partial charge >= 0.3 is 5.97 Å². The Kier molecular flexibility index (Phi) is 5.77. The molecule has 0 atom stereocenters. The average Bonchev–Trinajstić information content (AvgIpc) is 2.59. The zero-order chi connectivity index (χ0) is 18.6. The number of nitrogens with zero attached hydrogens (tertiary/aromatic N) is 1. The molecular formula is C18H16ClNO4S. The zero-order valence-electron chi connectivity index (χ0n) is 13.7. The van der Waals surface area contributed by atoms with E-state index in [1.54, 1.807) is 36.4 Å². The van der Waals surface area contributed by atoms with Gasteiger partial charge in [0, 0.05) is 10.6 Å². The number of ether oxygens (including phenoxy) is 1. The molecule has 0 bridgehead atoms. The van der Waals surface area contributed by atoms with Crippen molar-refractivity contribution in [2.45, 2.75) is 11.8 Å². The second-order valence-electron chi connectivity index (χ2n) is 5.21. The van der Waals surface area contributed by atoms with Crippen LogP contribution < -0.4 is 0 Å². The maximum Gasteiger partial charge on any atom is 0.339 e. The van der Waals surface area contributed by atoms with E-state index in [4.69, 9.17) is 11.6 Å². The number of halogens is 1. The summed E-state index contributed by atoms with van der Waals surface area (Å²) in [5, 5.41) is 0.466. The van der Waals surface area contributed by atoms with Gasteiger partial charge in [-0.3, -0.25) is 0 Å². The number of carbonyl (C=O) groups excluding carboxylic acids is 1. The standard InChI is InChI=1S/C18H16ClNO4S/c1-12-4-10-16(11-5-12)25(22,23)20-17(13(2)18(21)24-3)14-6-8-15(19)9-7-14/h4-11H,2H2,1,3H3/b20-17-. The first-order chi connectivity index (χ1) is 11.7. The highest BCUT2D eigenvalue weighted by Crippen LogP contribution is 2.19. The molecule has 0 saturated heterocycles. The molecule has 0 amide bonds. The maximum absolute atomic E-state index is 12.6. The van der Waals surface area contributed by atoms with Crippen LogP contribution in [0.2, 0.25) is 5.02 Å². The summed E-state index contributed by atoms with van der Waals surface area (Å²) in [6.45, 7) is 5.46. The molecule has 25 heavy (non-hydrogen) atoms. The molecule has 2 rings (SSSR count). The predicted molar refractivity (Wildman–Crippen MR) is 97.5 cm³/mol. The van der Waals surface area contributed by atoms with Crippen LogP contribution >= 0.6 is 11.6 Å². The quantitative estimate of drug-likeness (QED) is 0.453. The third-order valence-electron chi connectivity index (χ3n) is 3.37. The molecule has 0 N–H and O–H groups in total. The van der Waals surface area contributed by atoms with E-state index in [0.29, 0.717) is 10.6 Å².